The van der Waals surface area contributed by atoms with Gasteiger partial charge in [0, 0.05) is 19.3 Å². The molecule has 0 aromatic rings. The molecule has 17 nitrogen and oxygen atoms in total. The number of aliphatic hydroxyl groups is 1. The monoisotopic (exact) mass is 1440 g/mol. The average Bonchev–Trinajstić information content (AvgIpc) is 0.985. The quantitative estimate of drug-likeness (QED) is 0.0169. The molecular formula is C81H136O17P2. The van der Waals surface area contributed by atoms with E-state index in [4.69, 9.17) is 37.0 Å². The summed E-state index contributed by atoms with van der Waals surface area (Å²) in [7, 11) is -9.99. The molecule has 0 aromatic carbocycles. The maximum atomic E-state index is 13.1. The molecule has 3 N–H and O–H groups in total. The first-order chi connectivity index (χ1) is 48.7. The predicted molar refractivity (Wildman–Crippen MR) is 408 cm³/mol. The van der Waals surface area contributed by atoms with Gasteiger partial charge in [-0.15, -0.1) is 0 Å². The van der Waals surface area contributed by atoms with Crippen LogP contribution >= 0.6 is 15.6 Å². The van der Waals surface area contributed by atoms with E-state index in [1.165, 1.54) is 83.5 Å². The molecule has 0 aliphatic carbocycles. The average molecular weight is 1440 g/mol. The van der Waals surface area contributed by atoms with Crippen LogP contribution in [0.3, 0.4) is 0 Å². The molecule has 0 aliphatic rings. The van der Waals surface area contributed by atoms with Gasteiger partial charge in [0.15, 0.2) is 12.2 Å². The molecule has 0 fully saturated rings. The third-order valence-electron chi connectivity index (χ3n) is 15.6. The Morgan fingerprint density at radius 2 is 0.570 bits per heavy atom. The summed E-state index contributed by atoms with van der Waals surface area (Å²) in [6.45, 7) is 4.45. The lowest BCUT2D eigenvalue weighted by molar-refractivity contribution is -0.161. The largest absolute Gasteiger partial charge is 0.472 e. The maximum Gasteiger partial charge on any atom is 0.472 e. The van der Waals surface area contributed by atoms with Crippen LogP contribution in [0.5, 0.6) is 0 Å². The number of phosphoric ester groups is 2. The summed E-state index contributed by atoms with van der Waals surface area (Å²) in [5.41, 5.74) is 0. The van der Waals surface area contributed by atoms with Gasteiger partial charge in [-0.25, -0.2) is 9.13 Å². The lowest BCUT2D eigenvalue weighted by Gasteiger charge is -2.21. The van der Waals surface area contributed by atoms with E-state index >= 15 is 0 Å². The first-order valence-corrected chi connectivity index (χ1v) is 41.4. The van der Waals surface area contributed by atoms with Crippen molar-refractivity contribution >= 4 is 39.5 Å². The minimum atomic E-state index is -5.01. The van der Waals surface area contributed by atoms with E-state index < -0.39 is 97.5 Å². The number of hydrogen-bond donors (Lipinski definition) is 3. The zero-order chi connectivity index (χ0) is 73.2. The van der Waals surface area contributed by atoms with Crippen molar-refractivity contribution in [3.05, 3.63) is 134 Å². The Hall–Kier alpha value is -4.80. The number of aliphatic hydroxyl groups excluding tert-OH is 1. The third kappa shape index (κ3) is 71.6. The van der Waals surface area contributed by atoms with E-state index in [0.29, 0.717) is 25.7 Å². The molecule has 0 radical (unpaired) electrons. The molecule has 0 spiro atoms. The Labute approximate surface area is 605 Å². The topological polar surface area (TPSA) is 237 Å². The van der Waals surface area contributed by atoms with Crippen LogP contribution in [0.2, 0.25) is 0 Å². The van der Waals surface area contributed by atoms with Crippen LogP contribution in [0.25, 0.3) is 0 Å². The Morgan fingerprint density at radius 3 is 0.940 bits per heavy atom. The lowest BCUT2D eigenvalue weighted by atomic mass is 10.0. The zero-order valence-electron chi connectivity index (χ0n) is 62.3. The molecule has 100 heavy (non-hydrogen) atoms. The van der Waals surface area contributed by atoms with Crippen molar-refractivity contribution in [2.24, 2.45) is 0 Å². The Bertz CT molecular complexity index is 2420. The minimum Gasteiger partial charge on any atom is -0.462 e. The summed E-state index contributed by atoms with van der Waals surface area (Å²) in [5.74, 6) is -2.37. The van der Waals surface area contributed by atoms with Crippen LogP contribution in [-0.2, 0) is 65.4 Å². The number of carbonyl (C=O) groups is 4. The summed E-state index contributed by atoms with van der Waals surface area (Å²) in [6, 6.07) is 0. The second-order valence-corrected chi connectivity index (χ2v) is 28.1. The summed E-state index contributed by atoms with van der Waals surface area (Å²) >= 11 is 0. The van der Waals surface area contributed by atoms with Crippen LogP contribution < -0.4 is 0 Å². The standard InChI is InChI=1S/C81H136O17P2/c1-5-9-13-17-21-25-29-32-35-36-37-38-41-43-47-50-54-58-62-66-79(84)92-72-77(98-81(86)68-64-60-56-52-48-44-40-34-31-27-23-19-15-11-7-3)74-96-100(89,90)94-70-75(82)69-93-99(87,88)95-73-76(97-80(85)67-63-59-55-51-45-28-24-20-16-12-8-4)71-91-78(83)65-61-57-53-49-46-42-39-33-30-26-22-18-14-10-6-2/h9,11,13,15,20-21,23-25,27,32,34-35,37-38,40,43,47-48,52,60,64,75-77,82H,5-8,10,12,14,16-19,22,26,28-31,33,36,39,41-42,44-46,49-51,53-59,61-63,65-74H2,1-4H3,(H,87,88)(H,89,90)/b13-9-,15-11-,24-20-,25-21-,27-23-,35-32-,38-37-,40-34-,47-43-,52-48-,64-60-. The molecule has 5 atom stereocenters. The SMILES string of the molecule is CC/C=C\C/C=C\C/C=C\C/C=C\C/C=C\CCCCCC(=O)OCC(COP(=O)(O)OCC(O)COP(=O)(O)OCC(COC(=O)CCCCCCCCCCCCCCCCC)OC(=O)CCCCCCC/C=C\CCCC)OC(=O)C/C=C\C/C=C\C/C=C\C/C=C\C/C=C\CC. The number of allylic oxidation sites excluding steroid dienone is 21. The van der Waals surface area contributed by atoms with Crippen molar-refractivity contribution in [1.29, 1.82) is 0 Å². The van der Waals surface area contributed by atoms with E-state index in [-0.39, 0.29) is 25.7 Å². The number of carbonyl (C=O) groups excluding carboxylic acids is 4. The molecule has 0 saturated carbocycles. The highest BCUT2D eigenvalue weighted by molar-refractivity contribution is 7.47. The highest BCUT2D eigenvalue weighted by Crippen LogP contribution is 2.45. The fourth-order valence-electron chi connectivity index (χ4n) is 9.83. The van der Waals surface area contributed by atoms with Gasteiger partial charge < -0.3 is 33.8 Å². The van der Waals surface area contributed by atoms with E-state index in [1.54, 1.807) is 12.2 Å². The second kappa shape index (κ2) is 72.5. The van der Waals surface area contributed by atoms with Gasteiger partial charge in [-0.1, -0.05) is 290 Å². The maximum absolute atomic E-state index is 13.1. The van der Waals surface area contributed by atoms with Crippen LogP contribution in [-0.4, -0.2) is 96.7 Å². The minimum absolute atomic E-state index is 0.0811. The normalized spacial score (nSPS) is 14.7. The Kier molecular flexibility index (Phi) is 69.1. The summed E-state index contributed by atoms with van der Waals surface area (Å²) in [5, 5.41) is 10.6. The molecule has 0 rings (SSSR count). The van der Waals surface area contributed by atoms with E-state index in [1.807, 2.05) is 12.2 Å². The lowest BCUT2D eigenvalue weighted by Crippen LogP contribution is -2.30. The molecule has 0 heterocycles. The van der Waals surface area contributed by atoms with Gasteiger partial charge in [0.25, 0.3) is 0 Å². The van der Waals surface area contributed by atoms with Crippen LogP contribution in [0.1, 0.15) is 297 Å². The molecule has 0 aliphatic heterocycles. The van der Waals surface area contributed by atoms with Crippen molar-refractivity contribution in [2.75, 3.05) is 39.6 Å². The molecule has 0 amide bonds. The molecule has 0 bridgehead atoms. The summed E-state index contributed by atoms with van der Waals surface area (Å²) in [6.07, 6.45) is 80.5. The molecule has 0 aromatic heterocycles. The van der Waals surface area contributed by atoms with E-state index in [9.17, 15) is 43.2 Å². The first-order valence-electron chi connectivity index (χ1n) is 38.4. The fraction of sp³-hybridized carbons (Fsp3) is 0.679. The van der Waals surface area contributed by atoms with Gasteiger partial charge in [-0.2, -0.15) is 0 Å². The van der Waals surface area contributed by atoms with E-state index in [2.05, 4.69) is 137 Å². The fourth-order valence-corrected chi connectivity index (χ4v) is 11.4. The molecular weight excluding hydrogens is 1310 g/mol. The molecule has 5 unspecified atom stereocenters. The van der Waals surface area contributed by atoms with Gasteiger partial charge in [0.1, 0.15) is 19.3 Å². The molecule has 19 heteroatoms. The molecule has 0 saturated heterocycles. The van der Waals surface area contributed by atoms with Crippen LogP contribution in [0, 0.1) is 0 Å². The number of esters is 4. The summed E-state index contributed by atoms with van der Waals surface area (Å²) in [4.78, 5) is 72.8. The zero-order valence-corrected chi connectivity index (χ0v) is 64.1. The van der Waals surface area contributed by atoms with Crippen molar-refractivity contribution < 1.29 is 80.2 Å². The van der Waals surface area contributed by atoms with Crippen molar-refractivity contribution in [3.63, 3.8) is 0 Å². The van der Waals surface area contributed by atoms with Gasteiger partial charge in [-0.05, 0) is 116 Å². The number of phosphoric acid groups is 2. The van der Waals surface area contributed by atoms with Gasteiger partial charge >= 0.3 is 39.5 Å². The van der Waals surface area contributed by atoms with Crippen LogP contribution in [0.4, 0.5) is 0 Å². The number of unbranched alkanes of at least 4 members (excludes halogenated alkanes) is 24. The first kappa shape index (κ1) is 95.2. The van der Waals surface area contributed by atoms with Crippen molar-refractivity contribution in [1.82, 2.24) is 0 Å². The van der Waals surface area contributed by atoms with Crippen molar-refractivity contribution in [2.45, 2.75) is 316 Å². The number of rotatable bonds is 71. The van der Waals surface area contributed by atoms with Gasteiger partial charge in [0.2, 0.25) is 0 Å². The Balaban J connectivity index is 5.42. The van der Waals surface area contributed by atoms with Gasteiger partial charge in [-0.3, -0.25) is 37.3 Å². The highest BCUT2D eigenvalue weighted by Gasteiger charge is 2.30. The highest BCUT2D eigenvalue weighted by atomic mass is 31.2. The summed E-state index contributed by atoms with van der Waals surface area (Å²) < 4.78 is 68.3. The number of hydrogen-bond acceptors (Lipinski definition) is 15. The van der Waals surface area contributed by atoms with Crippen LogP contribution in [0.15, 0.2) is 134 Å². The molecule has 572 valence electrons. The third-order valence-corrected chi connectivity index (χ3v) is 17.5. The predicted octanol–water partition coefficient (Wildman–Crippen LogP) is 22.1. The Morgan fingerprint density at radius 1 is 0.300 bits per heavy atom. The number of ether oxygens (including phenoxy) is 4. The second-order valence-electron chi connectivity index (χ2n) is 25.2. The smallest absolute Gasteiger partial charge is 0.462 e. The van der Waals surface area contributed by atoms with E-state index in [0.717, 1.165) is 135 Å². The van der Waals surface area contributed by atoms with Gasteiger partial charge in [0.05, 0.1) is 32.8 Å². The van der Waals surface area contributed by atoms with Crippen molar-refractivity contribution in [3.8, 4) is 0 Å².